The summed E-state index contributed by atoms with van der Waals surface area (Å²) in [4.78, 5) is 5.00. The molecule has 0 aromatic carbocycles. The van der Waals surface area contributed by atoms with Crippen molar-refractivity contribution < 1.29 is 8.42 Å². The van der Waals surface area contributed by atoms with Gasteiger partial charge in [-0.25, -0.2) is 8.42 Å². The predicted molar refractivity (Wildman–Crippen MR) is 85.0 cm³/mol. The first kappa shape index (κ1) is 14.4. The second kappa shape index (κ2) is 6.07. The van der Waals surface area contributed by atoms with E-state index in [2.05, 4.69) is 9.71 Å². The first-order valence-corrected chi connectivity index (χ1v) is 9.45. The zero-order valence-corrected chi connectivity index (χ0v) is 13.3. The van der Waals surface area contributed by atoms with Gasteiger partial charge in [0, 0.05) is 17.3 Å². The Morgan fingerprint density at radius 2 is 2.05 bits per heavy atom. The second-order valence-corrected chi connectivity index (χ2v) is 7.79. The molecule has 0 fully saturated rings. The molecule has 0 bridgehead atoms. The molecule has 0 saturated carbocycles. The van der Waals surface area contributed by atoms with E-state index < -0.39 is 10.0 Å². The van der Waals surface area contributed by atoms with Gasteiger partial charge >= 0.3 is 0 Å². The van der Waals surface area contributed by atoms with Gasteiger partial charge in [-0.1, -0.05) is 6.07 Å². The van der Waals surface area contributed by atoms with Crippen LogP contribution in [0.2, 0.25) is 0 Å². The van der Waals surface area contributed by atoms with Crippen LogP contribution >= 0.6 is 22.7 Å². The van der Waals surface area contributed by atoms with Gasteiger partial charge in [0.25, 0.3) is 0 Å². The summed E-state index contributed by atoms with van der Waals surface area (Å²) in [6.07, 6.45) is 2.90. The molecule has 0 saturated heterocycles. The third-order valence-electron chi connectivity index (χ3n) is 2.92. The minimum atomic E-state index is -3.61. The lowest BCUT2D eigenvalue weighted by atomic mass is 10.1. The fourth-order valence-corrected chi connectivity index (χ4v) is 4.64. The van der Waals surface area contributed by atoms with Gasteiger partial charge < -0.3 is 0 Å². The summed E-state index contributed by atoms with van der Waals surface area (Å²) in [5.74, 6) is 0. The largest absolute Gasteiger partial charge is 0.263 e. The average molecular weight is 336 g/mol. The Morgan fingerprint density at radius 1 is 1.14 bits per heavy atom. The fraction of sp³-hybridized carbons (Fsp3) is 0.0714. The Morgan fingerprint density at radius 3 is 2.67 bits per heavy atom. The standard InChI is InChI=1S/C14H12N2O2S3/c17-21(18,12-3-1-6-15-9-12)16-14(11-5-8-19-10-11)13-4-2-7-20-13/h1-10,14,16H/t14-/m1/s1. The molecule has 0 aliphatic rings. The van der Waals surface area contributed by atoms with Crippen LogP contribution in [0, 0.1) is 0 Å². The maximum atomic E-state index is 12.5. The summed E-state index contributed by atoms with van der Waals surface area (Å²) in [6, 6.07) is 8.55. The lowest BCUT2D eigenvalue weighted by molar-refractivity contribution is 0.573. The van der Waals surface area contributed by atoms with Gasteiger partial charge in [0.2, 0.25) is 10.0 Å². The van der Waals surface area contributed by atoms with E-state index in [9.17, 15) is 8.42 Å². The van der Waals surface area contributed by atoms with Gasteiger partial charge in [0.15, 0.2) is 0 Å². The molecule has 0 spiro atoms. The minimum Gasteiger partial charge on any atom is -0.263 e. The molecule has 3 rings (SSSR count). The van der Waals surface area contributed by atoms with Gasteiger partial charge in [0.05, 0.1) is 6.04 Å². The number of hydrogen-bond acceptors (Lipinski definition) is 5. The fourth-order valence-electron chi connectivity index (χ4n) is 1.91. The number of rotatable bonds is 5. The summed E-state index contributed by atoms with van der Waals surface area (Å²) in [5.41, 5.74) is 0.940. The molecule has 0 aliphatic heterocycles. The van der Waals surface area contributed by atoms with Crippen molar-refractivity contribution in [1.29, 1.82) is 0 Å². The van der Waals surface area contributed by atoms with Crippen LogP contribution in [0.1, 0.15) is 16.5 Å². The molecule has 0 unspecified atom stereocenters. The Labute approximate surface area is 131 Å². The summed E-state index contributed by atoms with van der Waals surface area (Å²) in [7, 11) is -3.61. The number of thiophene rings is 2. The van der Waals surface area contributed by atoms with Crippen molar-refractivity contribution in [2.24, 2.45) is 0 Å². The van der Waals surface area contributed by atoms with Crippen molar-refractivity contribution in [3.05, 3.63) is 69.3 Å². The zero-order chi connectivity index (χ0) is 14.7. The molecule has 3 aromatic heterocycles. The van der Waals surface area contributed by atoms with E-state index in [0.29, 0.717) is 0 Å². The average Bonchev–Trinajstić information content (AvgIpc) is 3.19. The molecule has 1 N–H and O–H groups in total. The molecule has 7 heteroatoms. The number of sulfonamides is 1. The lowest BCUT2D eigenvalue weighted by Crippen LogP contribution is -2.28. The predicted octanol–water partition coefficient (Wildman–Crippen LogP) is 3.27. The van der Waals surface area contributed by atoms with Crippen LogP contribution in [-0.4, -0.2) is 13.4 Å². The Hall–Kier alpha value is -1.54. The van der Waals surface area contributed by atoms with E-state index in [1.165, 1.54) is 23.6 Å². The van der Waals surface area contributed by atoms with Crippen molar-refractivity contribution in [1.82, 2.24) is 9.71 Å². The van der Waals surface area contributed by atoms with Gasteiger partial charge in [-0.3, -0.25) is 4.98 Å². The Bertz CT molecular complexity index is 748. The topological polar surface area (TPSA) is 59.1 Å². The van der Waals surface area contributed by atoms with E-state index in [4.69, 9.17) is 0 Å². The van der Waals surface area contributed by atoms with Crippen molar-refractivity contribution in [2.45, 2.75) is 10.9 Å². The molecule has 1 atom stereocenters. The van der Waals surface area contributed by atoms with Crippen LogP contribution < -0.4 is 4.72 Å². The van der Waals surface area contributed by atoms with Crippen LogP contribution in [-0.2, 0) is 10.0 Å². The highest BCUT2D eigenvalue weighted by molar-refractivity contribution is 7.89. The summed E-state index contributed by atoms with van der Waals surface area (Å²) >= 11 is 3.07. The van der Waals surface area contributed by atoms with E-state index in [1.807, 2.05) is 34.3 Å². The summed E-state index contributed by atoms with van der Waals surface area (Å²) < 4.78 is 27.7. The maximum Gasteiger partial charge on any atom is 0.242 e. The molecule has 0 aliphatic carbocycles. The molecule has 3 aromatic rings. The van der Waals surface area contributed by atoms with E-state index in [1.54, 1.807) is 23.6 Å². The number of pyridine rings is 1. The Kier molecular flexibility index (Phi) is 4.16. The van der Waals surface area contributed by atoms with E-state index >= 15 is 0 Å². The number of aromatic nitrogens is 1. The van der Waals surface area contributed by atoms with E-state index in [-0.39, 0.29) is 10.9 Å². The van der Waals surface area contributed by atoms with Crippen LogP contribution in [0.4, 0.5) is 0 Å². The Balaban J connectivity index is 1.96. The number of nitrogens with one attached hydrogen (secondary N) is 1. The van der Waals surface area contributed by atoms with Crippen molar-refractivity contribution in [2.75, 3.05) is 0 Å². The van der Waals surface area contributed by atoms with Gasteiger partial charge in [-0.05, 0) is 46.0 Å². The highest BCUT2D eigenvalue weighted by Gasteiger charge is 2.23. The molecule has 3 heterocycles. The van der Waals surface area contributed by atoms with Crippen molar-refractivity contribution in [3.63, 3.8) is 0 Å². The molecular formula is C14H12N2O2S3. The van der Waals surface area contributed by atoms with Gasteiger partial charge in [-0.2, -0.15) is 16.1 Å². The smallest absolute Gasteiger partial charge is 0.242 e. The summed E-state index contributed by atoms with van der Waals surface area (Å²) in [6.45, 7) is 0. The van der Waals surface area contributed by atoms with Crippen LogP contribution in [0.3, 0.4) is 0 Å². The summed E-state index contributed by atoms with van der Waals surface area (Å²) in [5, 5.41) is 5.83. The molecule has 0 amide bonds. The lowest BCUT2D eigenvalue weighted by Gasteiger charge is -2.16. The van der Waals surface area contributed by atoms with Crippen molar-refractivity contribution in [3.8, 4) is 0 Å². The van der Waals surface area contributed by atoms with E-state index in [0.717, 1.165) is 10.4 Å². The second-order valence-electron chi connectivity index (χ2n) is 4.32. The zero-order valence-electron chi connectivity index (χ0n) is 10.8. The van der Waals surface area contributed by atoms with Crippen LogP contribution in [0.25, 0.3) is 0 Å². The quantitative estimate of drug-likeness (QED) is 0.778. The van der Waals surface area contributed by atoms with Crippen LogP contribution in [0.15, 0.2) is 63.8 Å². The van der Waals surface area contributed by atoms with Crippen molar-refractivity contribution >= 4 is 32.7 Å². The highest BCUT2D eigenvalue weighted by atomic mass is 32.2. The molecule has 4 nitrogen and oxygen atoms in total. The third-order valence-corrected chi connectivity index (χ3v) is 5.97. The molecular weight excluding hydrogens is 324 g/mol. The van der Waals surface area contributed by atoms with Gasteiger partial charge in [-0.15, -0.1) is 11.3 Å². The van der Waals surface area contributed by atoms with Crippen LogP contribution in [0.5, 0.6) is 0 Å². The SMILES string of the molecule is O=S(=O)(N[C@H](c1ccsc1)c1cccs1)c1cccnc1. The molecule has 21 heavy (non-hydrogen) atoms. The highest BCUT2D eigenvalue weighted by Crippen LogP contribution is 2.29. The number of nitrogens with zero attached hydrogens (tertiary/aromatic N) is 1. The third kappa shape index (κ3) is 3.21. The minimum absolute atomic E-state index is 0.168. The monoisotopic (exact) mass is 336 g/mol. The van der Waals surface area contributed by atoms with Gasteiger partial charge in [0.1, 0.15) is 4.90 Å². The normalized spacial score (nSPS) is 13.1. The molecule has 0 radical (unpaired) electrons. The number of hydrogen-bond donors (Lipinski definition) is 1. The molecule has 108 valence electrons. The first-order valence-electron chi connectivity index (χ1n) is 6.15. The maximum absolute atomic E-state index is 12.5. The first-order chi connectivity index (χ1) is 10.2.